The summed E-state index contributed by atoms with van der Waals surface area (Å²) < 4.78 is 2.09. The van der Waals surface area contributed by atoms with Crippen molar-refractivity contribution in [3.8, 4) is 0 Å². The Bertz CT molecular complexity index is 1400. The van der Waals surface area contributed by atoms with Crippen LogP contribution in [0.1, 0.15) is 85.6 Å². The van der Waals surface area contributed by atoms with Crippen molar-refractivity contribution in [2.24, 2.45) is 0 Å². The second kappa shape index (κ2) is 11.4. The van der Waals surface area contributed by atoms with Crippen LogP contribution in [0.25, 0.3) is 10.9 Å². The zero-order valence-electron chi connectivity index (χ0n) is 22.3. The number of para-hydroxylation sites is 1. The summed E-state index contributed by atoms with van der Waals surface area (Å²) in [5.41, 5.74) is 5.37. The minimum Gasteiger partial charge on any atom is -0.321 e. The molecule has 4 aromatic rings. The summed E-state index contributed by atoms with van der Waals surface area (Å²) in [6.45, 7) is 7.74. The van der Waals surface area contributed by atoms with Crippen molar-refractivity contribution in [1.82, 2.24) is 30.1 Å². The van der Waals surface area contributed by atoms with Gasteiger partial charge in [0.25, 0.3) is 5.56 Å². The molecule has 1 atom stereocenters. The van der Waals surface area contributed by atoms with Gasteiger partial charge in [0.05, 0.1) is 17.6 Å². The molecule has 0 aliphatic heterocycles. The molecule has 0 radical (unpaired) electrons. The maximum Gasteiger partial charge on any atom is 0.252 e. The van der Waals surface area contributed by atoms with Crippen LogP contribution in [0, 0.1) is 13.8 Å². The van der Waals surface area contributed by atoms with Gasteiger partial charge in [0.15, 0.2) is 5.82 Å². The van der Waals surface area contributed by atoms with Gasteiger partial charge in [-0.05, 0) is 78.1 Å². The van der Waals surface area contributed by atoms with Crippen molar-refractivity contribution in [3.63, 3.8) is 0 Å². The highest BCUT2D eigenvalue weighted by Gasteiger charge is 2.29. The molecule has 2 aromatic carbocycles. The monoisotopic (exact) mass is 498 g/mol. The maximum absolute atomic E-state index is 13.2. The molecule has 1 N–H and O–H groups in total. The molecule has 5 rings (SSSR count). The molecule has 1 saturated carbocycles. The van der Waals surface area contributed by atoms with E-state index in [0.29, 0.717) is 12.6 Å². The number of H-pyrrole nitrogens is 1. The average Bonchev–Trinajstić information content (AvgIpc) is 3.39. The molecule has 0 amide bonds. The predicted octanol–water partition coefficient (Wildman–Crippen LogP) is 5.83. The molecule has 194 valence electrons. The summed E-state index contributed by atoms with van der Waals surface area (Å²) >= 11 is 0. The van der Waals surface area contributed by atoms with Crippen LogP contribution in [0.5, 0.6) is 0 Å². The summed E-state index contributed by atoms with van der Waals surface area (Å²) in [7, 11) is 0. The summed E-state index contributed by atoms with van der Waals surface area (Å²) in [5, 5.41) is 14.2. The molecule has 0 spiro atoms. The van der Waals surface area contributed by atoms with Crippen LogP contribution in [0.15, 0.2) is 53.3 Å². The smallest absolute Gasteiger partial charge is 0.252 e. The molecule has 1 fully saturated rings. The highest BCUT2D eigenvalue weighted by atomic mass is 16.1. The van der Waals surface area contributed by atoms with Crippen LogP contribution < -0.4 is 5.56 Å². The first-order chi connectivity index (χ1) is 18.0. The summed E-state index contributed by atoms with van der Waals surface area (Å²) in [5.74, 6) is 0.923. The van der Waals surface area contributed by atoms with Gasteiger partial charge < -0.3 is 4.98 Å². The molecule has 1 aliphatic carbocycles. The molecular formula is C30H38N6O. The molecule has 7 heteroatoms. The van der Waals surface area contributed by atoms with Gasteiger partial charge in [-0.3, -0.25) is 9.69 Å². The second-order valence-electron chi connectivity index (χ2n) is 10.5. The number of nitrogens with zero attached hydrogens (tertiary/aromatic N) is 5. The first kappa shape index (κ1) is 25.3. The lowest BCUT2D eigenvalue weighted by Crippen LogP contribution is -2.35. The SMILES string of the molecule is CC[C@H](c1nnnn1C1CCCCC1)N(CCc1ccccc1C)Cc1cc2cccc(C)c2[nH]c1=O. The Morgan fingerprint density at radius 2 is 1.81 bits per heavy atom. The summed E-state index contributed by atoms with van der Waals surface area (Å²) in [6, 6.07) is 17.1. The fourth-order valence-electron chi connectivity index (χ4n) is 5.87. The number of hydrogen-bond donors (Lipinski definition) is 1. The normalized spacial score (nSPS) is 15.5. The van der Waals surface area contributed by atoms with E-state index in [1.165, 1.54) is 30.4 Å². The van der Waals surface area contributed by atoms with E-state index in [2.05, 4.69) is 80.3 Å². The molecule has 2 aromatic heterocycles. The number of rotatable bonds is 9. The van der Waals surface area contributed by atoms with Crippen LogP contribution in [0.3, 0.4) is 0 Å². The molecule has 2 heterocycles. The molecule has 7 nitrogen and oxygen atoms in total. The number of aryl methyl sites for hydroxylation is 2. The Morgan fingerprint density at radius 3 is 2.59 bits per heavy atom. The van der Waals surface area contributed by atoms with Gasteiger partial charge in [-0.2, -0.15) is 0 Å². The minimum absolute atomic E-state index is 0.0218. The number of benzene rings is 2. The van der Waals surface area contributed by atoms with E-state index < -0.39 is 0 Å². The van der Waals surface area contributed by atoms with Gasteiger partial charge in [0.2, 0.25) is 0 Å². The predicted molar refractivity (Wildman–Crippen MR) is 148 cm³/mol. The number of aromatic amines is 1. The first-order valence-electron chi connectivity index (χ1n) is 13.7. The standard InChI is InChI=1S/C30H38N6O/c1-4-27(29-32-33-34-36(29)26-15-6-5-7-16-26)35(18-17-23-13-9-8-11-21(23)2)20-25-19-24-14-10-12-22(3)28(24)31-30(25)37/h8-14,19,26-27H,4-7,15-18,20H2,1-3H3,(H,31,37)/t27-/m1/s1. The molecule has 37 heavy (non-hydrogen) atoms. The van der Waals surface area contributed by atoms with Crippen LogP contribution in [-0.2, 0) is 13.0 Å². The Kier molecular flexibility index (Phi) is 7.79. The van der Waals surface area contributed by atoms with Crippen LogP contribution >= 0.6 is 0 Å². The van der Waals surface area contributed by atoms with E-state index in [9.17, 15) is 4.79 Å². The fraction of sp³-hybridized carbons (Fsp3) is 0.467. The Hall–Kier alpha value is -3.32. The lowest BCUT2D eigenvalue weighted by atomic mass is 9.95. The van der Waals surface area contributed by atoms with Crippen LogP contribution in [-0.4, -0.2) is 36.6 Å². The number of aromatic nitrogens is 5. The average molecular weight is 499 g/mol. The quantitative estimate of drug-likeness (QED) is 0.314. The summed E-state index contributed by atoms with van der Waals surface area (Å²) in [6.07, 6.45) is 7.76. The summed E-state index contributed by atoms with van der Waals surface area (Å²) in [4.78, 5) is 18.8. The van der Waals surface area contributed by atoms with Crippen molar-refractivity contribution in [2.75, 3.05) is 6.54 Å². The van der Waals surface area contributed by atoms with Gasteiger partial charge in [-0.15, -0.1) is 5.10 Å². The lowest BCUT2D eigenvalue weighted by Gasteiger charge is -2.32. The van der Waals surface area contributed by atoms with E-state index in [-0.39, 0.29) is 11.6 Å². The number of fused-ring (bicyclic) bond motifs is 1. The van der Waals surface area contributed by atoms with E-state index in [1.54, 1.807) is 0 Å². The van der Waals surface area contributed by atoms with Gasteiger partial charge >= 0.3 is 0 Å². The molecule has 0 saturated heterocycles. The molecule has 1 aliphatic rings. The van der Waals surface area contributed by atoms with Crippen LogP contribution in [0.2, 0.25) is 0 Å². The third kappa shape index (κ3) is 5.52. The van der Waals surface area contributed by atoms with E-state index in [1.807, 2.05) is 19.1 Å². The van der Waals surface area contributed by atoms with E-state index >= 15 is 0 Å². The number of tetrazole rings is 1. The molecule has 0 bridgehead atoms. The van der Waals surface area contributed by atoms with E-state index in [4.69, 9.17) is 0 Å². The van der Waals surface area contributed by atoms with Crippen molar-refractivity contribution in [1.29, 1.82) is 0 Å². The van der Waals surface area contributed by atoms with Gasteiger partial charge in [-0.1, -0.05) is 68.7 Å². The number of nitrogens with one attached hydrogen (secondary N) is 1. The number of hydrogen-bond acceptors (Lipinski definition) is 5. The van der Waals surface area contributed by atoms with Crippen molar-refractivity contribution in [3.05, 3.63) is 87.0 Å². The number of pyridine rings is 1. The third-order valence-electron chi connectivity index (χ3n) is 8.03. The highest BCUT2D eigenvalue weighted by molar-refractivity contribution is 5.81. The zero-order valence-corrected chi connectivity index (χ0v) is 22.3. The first-order valence-corrected chi connectivity index (χ1v) is 13.7. The second-order valence-corrected chi connectivity index (χ2v) is 10.5. The lowest BCUT2D eigenvalue weighted by molar-refractivity contribution is 0.165. The topological polar surface area (TPSA) is 79.7 Å². The van der Waals surface area contributed by atoms with Crippen molar-refractivity contribution < 1.29 is 0 Å². The fourth-order valence-corrected chi connectivity index (χ4v) is 5.87. The van der Waals surface area contributed by atoms with Gasteiger partial charge in [0, 0.05) is 18.7 Å². The van der Waals surface area contributed by atoms with Crippen molar-refractivity contribution in [2.45, 2.75) is 84.3 Å². The highest BCUT2D eigenvalue weighted by Crippen LogP contribution is 2.32. The van der Waals surface area contributed by atoms with Gasteiger partial charge in [-0.25, -0.2) is 4.68 Å². The van der Waals surface area contributed by atoms with Gasteiger partial charge in [0.1, 0.15) is 0 Å². The minimum atomic E-state index is -0.0237. The Balaban J connectivity index is 1.50. The largest absolute Gasteiger partial charge is 0.321 e. The van der Waals surface area contributed by atoms with E-state index in [0.717, 1.165) is 60.1 Å². The van der Waals surface area contributed by atoms with Crippen molar-refractivity contribution >= 4 is 10.9 Å². The maximum atomic E-state index is 13.2. The zero-order chi connectivity index (χ0) is 25.8. The third-order valence-corrected chi connectivity index (χ3v) is 8.03. The Labute approximate surface area is 218 Å². The molecular weight excluding hydrogens is 460 g/mol. The molecule has 0 unspecified atom stereocenters. The Morgan fingerprint density at radius 1 is 1.03 bits per heavy atom. The van der Waals surface area contributed by atoms with Crippen LogP contribution in [0.4, 0.5) is 0 Å².